The third kappa shape index (κ3) is 2.79. The number of azide groups is 1. The van der Waals surface area contributed by atoms with Gasteiger partial charge in [-0.25, -0.2) is 4.79 Å². The molecule has 0 spiro atoms. The lowest BCUT2D eigenvalue weighted by molar-refractivity contribution is -0.159. The van der Waals surface area contributed by atoms with Gasteiger partial charge in [0.2, 0.25) is 5.91 Å². The van der Waals surface area contributed by atoms with Crippen molar-refractivity contribution in [1.82, 2.24) is 10.2 Å². The molecule has 0 unspecified atom stereocenters. The number of β-lactam (4-membered cyclic amide) rings is 1. The summed E-state index contributed by atoms with van der Waals surface area (Å²) in [5.41, 5.74) is 9.07. The van der Waals surface area contributed by atoms with Crippen LogP contribution in [0.3, 0.4) is 0 Å². The number of hydrogen-bond acceptors (Lipinski definition) is 5. The highest BCUT2D eigenvalue weighted by atomic mass is 32.2. The summed E-state index contributed by atoms with van der Waals surface area (Å²) < 4.78 is -0.636. The smallest absolute Gasteiger partial charge is 0.327 e. The van der Waals surface area contributed by atoms with Gasteiger partial charge in [0.25, 0.3) is 5.91 Å². The molecule has 1 aromatic carbocycles. The summed E-state index contributed by atoms with van der Waals surface area (Å²) in [5, 5.41) is 15.1. The number of benzene rings is 1. The Hall–Kier alpha value is -2.71. The Morgan fingerprint density at radius 3 is 2.56 bits per heavy atom. The van der Waals surface area contributed by atoms with Crippen molar-refractivity contribution in [1.29, 1.82) is 0 Å². The number of carbonyl (C=O) groups is 3. The molecule has 1 aromatic rings. The molecule has 2 saturated heterocycles. The third-order valence-electron chi connectivity index (χ3n) is 4.25. The minimum Gasteiger partial charge on any atom is -0.480 e. The van der Waals surface area contributed by atoms with Gasteiger partial charge in [-0.3, -0.25) is 9.59 Å². The van der Waals surface area contributed by atoms with Gasteiger partial charge in [0.1, 0.15) is 17.5 Å². The molecule has 25 heavy (non-hydrogen) atoms. The molecule has 2 fully saturated rings. The quantitative estimate of drug-likeness (QED) is 0.365. The summed E-state index contributed by atoms with van der Waals surface area (Å²) in [7, 11) is 0. The molecule has 0 bridgehead atoms. The number of carbonyl (C=O) groups excluding carboxylic acids is 2. The van der Waals surface area contributed by atoms with E-state index in [-0.39, 0.29) is 0 Å². The zero-order valence-corrected chi connectivity index (χ0v) is 14.2. The van der Waals surface area contributed by atoms with Crippen LogP contribution in [0.25, 0.3) is 10.4 Å². The maximum absolute atomic E-state index is 12.3. The molecule has 2 N–H and O–H groups in total. The molecule has 0 aliphatic carbocycles. The third-order valence-corrected chi connectivity index (χ3v) is 5.82. The zero-order chi connectivity index (χ0) is 18.4. The molecule has 2 aliphatic rings. The van der Waals surface area contributed by atoms with Crippen molar-refractivity contribution in [2.24, 2.45) is 5.11 Å². The summed E-state index contributed by atoms with van der Waals surface area (Å²) in [6, 6.07) is 4.32. The van der Waals surface area contributed by atoms with E-state index in [1.165, 1.54) is 40.9 Å². The summed E-state index contributed by atoms with van der Waals surface area (Å²) in [4.78, 5) is 40.1. The second-order valence-electron chi connectivity index (χ2n) is 6.29. The van der Waals surface area contributed by atoms with Crippen LogP contribution in [-0.4, -0.2) is 50.0 Å². The lowest BCUT2D eigenvalue weighted by Crippen LogP contribution is -2.70. The summed E-state index contributed by atoms with van der Waals surface area (Å²) in [6.45, 7) is 3.55. The van der Waals surface area contributed by atoms with Gasteiger partial charge in [0, 0.05) is 20.9 Å². The van der Waals surface area contributed by atoms with Gasteiger partial charge in [0.15, 0.2) is 0 Å². The number of carboxylic acids is 1. The van der Waals surface area contributed by atoms with Crippen LogP contribution in [0.5, 0.6) is 0 Å². The van der Waals surface area contributed by atoms with Crippen molar-refractivity contribution in [2.75, 3.05) is 0 Å². The first-order chi connectivity index (χ1) is 11.8. The fourth-order valence-corrected chi connectivity index (χ4v) is 4.73. The van der Waals surface area contributed by atoms with Gasteiger partial charge >= 0.3 is 5.97 Å². The first-order valence-corrected chi connectivity index (χ1v) is 8.33. The minimum atomic E-state index is -1.05. The van der Waals surface area contributed by atoms with E-state index in [1.807, 2.05) is 0 Å². The van der Waals surface area contributed by atoms with Crippen molar-refractivity contribution in [3.63, 3.8) is 0 Å². The van der Waals surface area contributed by atoms with Crippen LogP contribution in [0.2, 0.25) is 0 Å². The molecule has 10 heteroatoms. The van der Waals surface area contributed by atoms with Gasteiger partial charge in [-0.15, -0.1) is 11.8 Å². The Morgan fingerprint density at radius 1 is 1.36 bits per heavy atom. The Kier molecular flexibility index (Phi) is 4.09. The summed E-state index contributed by atoms with van der Waals surface area (Å²) in [5.74, 6) is -1.89. The van der Waals surface area contributed by atoms with E-state index in [2.05, 4.69) is 15.3 Å². The Labute approximate surface area is 147 Å². The molecule has 2 amide bonds. The standard InChI is InChI=1S/C15H15N5O4S/c1-15(2)10(14(23)24)20-12(22)9(13(20)25-15)17-11(21)7-3-5-8(6-4-7)18-19-16/h3-6,9-10,13H,1-2H3,(H,17,21)(H,23,24)/t9-,10+,13-/m1/s1. The van der Waals surface area contributed by atoms with Crippen LogP contribution in [0, 0.1) is 0 Å². The number of thioether (sulfide) groups is 1. The second-order valence-corrected chi connectivity index (χ2v) is 8.06. The van der Waals surface area contributed by atoms with Gasteiger partial charge in [-0.2, -0.15) is 0 Å². The average Bonchev–Trinajstić information content (AvgIpc) is 2.81. The van der Waals surface area contributed by atoms with Gasteiger partial charge < -0.3 is 15.3 Å². The Bertz CT molecular complexity index is 803. The normalized spacial score (nSPS) is 26.2. The molecule has 2 aliphatic heterocycles. The fourth-order valence-electron chi connectivity index (χ4n) is 3.10. The van der Waals surface area contributed by atoms with Crippen molar-refractivity contribution in [3.05, 3.63) is 40.3 Å². The number of nitrogens with one attached hydrogen (secondary N) is 1. The van der Waals surface area contributed by atoms with E-state index in [4.69, 9.17) is 5.53 Å². The number of hydrogen-bond donors (Lipinski definition) is 2. The molecule has 3 rings (SSSR count). The molecular weight excluding hydrogens is 346 g/mol. The average molecular weight is 361 g/mol. The van der Waals surface area contributed by atoms with E-state index < -0.39 is 40.0 Å². The molecular formula is C15H15N5O4S. The highest BCUT2D eigenvalue weighted by Crippen LogP contribution is 2.50. The van der Waals surface area contributed by atoms with Crippen molar-refractivity contribution < 1.29 is 19.5 Å². The Morgan fingerprint density at radius 2 is 2.00 bits per heavy atom. The number of nitrogens with zero attached hydrogens (tertiary/aromatic N) is 4. The van der Waals surface area contributed by atoms with E-state index in [9.17, 15) is 19.5 Å². The topological polar surface area (TPSA) is 135 Å². The fraction of sp³-hybridized carbons (Fsp3) is 0.400. The minimum absolute atomic E-state index is 0.320. The molecule has 0 saturated carbocycles. The molecule has 0 aromatic heterocycles. The van der Waals surface area contributed by atoms with Gasteiger partial charge in [0.05, 0.1) is 0 Å². The van der Waals surface area contributed by atoms with Gasteiger partial charge in [-0.1, -0.05) is 17.2 Å². The lowest BCUT2D eigenvalue weighted by Gasteiger charge is -2.43. The predicted molar refractivity (Wildman–Crippen MR) is 90.2 cm³/mol. The van der Waals surface area contributed by atoms with Crippen molar-refractivity contribution in [3.8, 4) is 0 Å². The molecule has 3 atom stereocenters. The SMILES string of the molecule is CC1(C)S[C@@H]2[C@H](NC(=O)c3ccc(N=[N+]=[N-])cc3)C(=O)N2[C@H]1C(=O)O. The first-order valence-electron chi connectivity index (χ1n) is 7.45. The second kappa shape index (κ2) is 5.98. The van der Waals surface area contributed by atoms with Crippen LogP contribution in [0.1, 0.15) is 24.2 Å². The highest BCUT2D eigenvalue weighted by molar-refractivity contribution is 8.01. The van der Waals surface area contributed by atoms with Gasteiger partial charge in [-0.05, 0) is 31.5 Å². The lowest BCUT2D eigenvalue weighted by atomic mass is 9.96. The predicted octanol–water partition coefficient (Wildman–Crippen LogP) is 1.87. The number of rotatable bonds is 4. The first kappa shape index (κ1) is 17.1. The van der Waals surface area contributed by atoms with E-state index in [1.54, 1.807) is 13.8 Å². The number of amides is 2. The summed E-state index contributed by atoms with van der Waals surface area (Å²) >= 11 is 1.37. The number of carboxylic acid groups (broad SMARTS) is 1. The van der Waals surface area contributed by atoms with Crippen LogP contribution in [0.4, 0.5) is 5.69 Å². The maximum atomic E-state index is 12.3. The van der Waals surface area contributed by atoms with Crippen molar-refractivity contribution >= 4 is 35.2 Å². The Balaban J connectivity index is 1.72. The molecule has 130 valence electrons. The van der Waals surface area contributed by atoms with Crippen molar-refractivity contribution in [2.45, 2.75) is 36.1 Å². The van der Waals surface area contributed by atoms with E-state index >= 15 is 0 Å². The summed E-state index contributed by atoms with van der Waals surface area (Å²) in [6.07, 6.45) is 0. The zero-order valence-electron chi connectivity index (χ0n) is 13.4. The monoisotopic (exact) mass is 361 g/mol. The van der Waals surface area contributed by atoms with Crippen LogP contribution < -0.4 is 5.32 Å². The number of aliphatic carboxylic acids is 1. The van der Waals surface area contributed by atoms with Crippen LogP contribution in [0.15, 0.2) is 29.4 Å². The molecule has 2 heterocycles. The maximum Gasteiger partial charge on any atom is 0.327 e. The molecule has 9 nitrogen and oxygen atoms in total. The van der Waals surface area contributed by atoms with E-state index in [0.29, 0.717) is 11.3 Å². The largest absolute Gasteiger partial charge is 0.480 e. The molecule has 0 radical (unpaired) electrons. The van der Waals surface area contributed by atoms with Crippen LogP contribution >= 0.6 is 11.8 Å². The van der Waals surface area contributed by atoms with E-state index in [0.717, 1.165) is 0 Å². The number of fused-ring (bicyclic) bond motifs is 1. The van der Waals surface area contributed by atoms with Crippen LogP contribution in [-0.2, 0) is 9.59 Å². The highest BCUT2D eigenvalue weighted by Gasteiger charge is 2.64.